The molecular formula is C7H10N4O. The SMILES string of the molecule is N=C1CCCN1Cc1ncon1. The van der Waals surface area contributed by atoms with Crippen molar-refractivity contribution in [2.75, 3.05) is 6.54 Å². The first-order valence-corrected chi connectivity index (χ1v) is 3.94. The van der Waals surface area contributed by atoms with Crippen LogP contribution in [-0.2, 0) is 6.54 Å². The van der Waals surface area contributed by atoms with E-state index >= 15 is 0 Å². The highest BCUT2D eigenvalue weighted by atomic mass is 16.5. The highest BCUT2D eigenvalue weighted by molar-refractivity contribution is 5.80. The van der Waals surface area contributed by atoms with E-state index in [-0.39, 0.29) is 0 Å². The molecule has 0 amide bonds. The second kappa shape index (κ2) is 2.92. The standard InChI is InChI=1S/C7H10N4O/c8-6-2-1-3-11(6)4-7-9-5-12-10-7/h5,8H,1-4H2. The van der Waals surface area contributed by atoms with Crippen LogP contribution in [0, 0.1) is 5.41 Å². The Balaban J connectivity index is 1.99. The van der Waals surface area contributed by atoms with E-state index in [2.05, 4.69) is 14.7 Å². The largest absolute Gasteiger partial charge is 0.353 e. The molecule has 0 aliphatic carbocycles. The first kappa shape index (κ1) is 7.27. The first-order chi connectivity index (χ1) is 5.86. The first-order valence-electron chi connectivity index (χ1n) is 3.94. The summed E-state index contributed by atoms with van der Waals surface area (Å²) in [5.41, 5.74) is 0. The van der Waals surface area contributed by atoms with Gasteiger partial charge in [-0.05, 0) is 6.42 Å². The number of aromatic nitrogens is 2. The molecule has 2 rings (SSSR count). The third-order valence-electron chi connectivity index (χ3n) is 1.96. The van der Waals surface area contributed by atoms with Gasteiger partial charge in [0.2, 0.25) is 6.39 Å². The van der Waals surface area contributed by atoms with Crippen LogP contribution in [0.25, 0.3) is 0 Å². The lowest BCUT2D eigenvalue weighted by Gasteiger charge is -2.14. The summed E-state index contributed by atoms with van der Waals surface area (Å²) in [4.78, 5) is 5.86. The smallest absolute Gasteiger partial charge is 0.213 e. The highest BCUT2D eigenvalue weighted by Gasteiger charge is 2.17. The van der Waals surface area contributed by atoms with Crippen molar-refractivity contribution in [3.8, 4) is 0 Å². The van der Waals surface area contributed by atoms with Crippen molar-refractivity contribution >= 4 is 5.84 Å². The minimum Gasteiger partial charge on any atom is -0.353 e. The number of nitrogens with zero attached hydrogens (tertiary/aromatic N) is 3. The van der Waals surface area contributed by atoms with Gasteiger partial charge in [-0.1, -0.05) is 5.16 Å². The number of nitrogens with one attached hydrogen (secondary N) is 1. The van der Waals surface area contributed by atoms with Gasteiger partial charge >= 0.3 is 0 Å². The molecule has 0 spiro atoms. The molecule has 1 aromatic heterocycles. The molecule has 0 saturated carbocycles. The molecule has 0 unspecified atom stereocenters. The number of hydrogen-bond acceptors (Lipinski definition) is 4. The summed E-state index contributed by atoms with van der Waals surface area (Å²) in [7, 11) is 0. The lowest BCUT2D eigenvalue weighted by Crippen LogP contribution is -2.23. The summed E-state index contributed by atoms with van der Waals surface area (Å²) in [6, 6.07) is 0. The Bertz CT molecular complexity index is 269. The summed E-state index contributed by atoms with van der Waals surface area (Å²) in [5.74, 6) is 1.33. The van der Waals surface area contributed by atoms with E-state index in [1.807, 2.05) is 4.90 Å². The molecule has 1 aliphatic heterocycles. The Morgan fingerprint density at radius 1 is 1.67 bits per heavy atom. The molecule has 64 valence electrons. The maximum atomic E-state index is 7.55. The Morgan fingerprint density at radius 3 is 3.17 bits per heavy atom. The summed E-state index contributed by atoms with van der Waals surface area (Å²) in [6.07, 6.45) is 3.25. The minimum absolute atomic E-state index is 0.606. The third kappa shape index (κ3) is 1.30. The second-order valence-electron chi connectivity index (χ2n) is 2.82. The molecular weight excluding hydrogens is 156 g/mol. The van der Waals surface area contributed by atoms with Crippen LogP contribution in [0.2, 0.25) is 0 Å². The minimum atomic E-state index is 0.606. The van der Waals surface area contributed by atoms with Crippen molar-refractivity contribution in [1.29, 1.82) is 5.41 Å². The molecule has 0 aromatic carbocycles. The van der Waals surface area contributed by atoms with Crippen molar-refractivity contribution in [3.63, 3.8) is 0 Å². The monoisotopic (exact) mass is 166 g/mol. The number of likely N-dealkylation sites (tertiary alicyclic amines) is 1. The summed E-state index contributed by atoms with van der Waals surface area (Å²) >= 11 is 0. The van der Waals surface area contributed by atoms with Crippen LogP contribution in [0.1, 0.15) is 18.7 Å². The molecule has 1 aliphatic rings. The van der Waals surface area contributed by atoms with Crippen LogP contribution in [0.3, 0.4) is 0 Å². The van der Waals surface area contributed by atoms with Crippen LogP contribution in [-0.4, -0.2) is 27.4 Å². The fraction of sp³-hybridized carbons (Fsp3) is 0.571. The lowest BCUT2D eigenvalue weighted by atomic mass is 10.4. The highest BCUT2D eigenvalue weighted by Crippen LogP contribution is 2.11. The van der Waals surface area contributed by atoms with Crippen molar-refractivity contribution in [1.82, 2.24) is 15.0 Å². The molecule has 0 radical (unpaired) electrons. The quantitative estimate of drug-likeness (QED) is 0.700. The average Bonchev–Trinajstić information content (AvgIpc) is 2.65. The van der Waals surface area contributed by atoms with E-state index in [1.165, 1.54) is 6.39 Å². The maximum absolute atomic E-state index is 7.55. The van der Waals surface area contributed by atoms with Gasteiger partial charge < -0.3 is 9.42 Å². The zero-order valence-corrected chi connectivity index (χ0v) is 6.66. The van der Waals surface area contributed by atoms with Gasteiger partial charge in [-0.15, -0.1) is 0 Å². The van der Waals surface area contributed by atoms with Gasteiger partial charge in [0.05, 0.1) is 12.4 Å². The van der Waals surface area contributed by atoms with Gasteiger partial charge in [-0.25, -0.2) is 0 Å². The fourth-order valence-electron chi connectivity index (χ4n) is 1.34. The molecule has 2 heterocycles. The predicted molar refractivity (Wildman–Crippen MR) is 41.7 cm³/mol. The maximum Gasteiger partial charge on any atom is 0.213 e. The molecule has 1 fully saturated rings. The number of amidine groups is 1. The van der Waals surface area contributed by atoms with Crippen LogP contribution in [0.5, 0.6) is 0 Å². The Morgan fingerprint density at radius 2 is 2.58 bits per heavy atom. The van der Waals surface area contributed by atoms with Crippen LogP contribution < -0.4 is 0 Å². The molecule has 12 heavy (non-hydrogen) atoms. The molecule has 0 bridgehead atoms. The molecule has 0 atom stereocenters. The van der Waals surface area contributed by atoms with Crippen molar-refractivity contribution < 1.29 is 4.52 Å². The zero-order chi connectivity index (χ0) is 8.39. The van der Waals surface area contributed by atoms with E-state index < -0.39 is 0 Å². The number of hydrogen-bond donors (Lipinski definition) is 1. The zero-order valence-electron chi connectivity index (χ0n) is 6.66. The Hall–Kier alpha value is -1.39. The van der Waals surface area contributed by atoms with Gasteiger partial charge in [0.1, 0.15) is 0 Å². The van der Waals surface area contributed by atoms with Gasteiger partial charge in [0, 0.05) is 13.0 Å². The van der Waals surface area contributed by atoms with Crippen molar-refractivity contribution in [3.05, 3.63) is 12.2 Å². The summed E-state index contributed by atoms with van der Waals surface area (Å²) in [5, 5.41) is 11.2. The summed E-state index contributed by atoms with van der Waals surface area (Å²) in [6.45, 7) is 1.54. The van der Waals surface area contributed by atoms with E-state index in [0.717, 1.165) is 19.4 Å². The molecule has 5 nitrogen and oxygen atoms in total. The molecule has 5 heteroatoms. The predicted octanol–water partition coefficient (Wildman–Crippen LogP) is 0.643. The van der Waals surface area contributed by atoms with Crippen LogP contribution in [0.4, 0.5) is 0 Å². The van der Waals surface area contributed by atoms with Gasteiger partial charge in [-0.3, -0.25) is 5.41 Å². The van der Waals surface area contributed by atoms with E-state index in [9.17, 15) is 0 Å². The van der Waals surface area contributed by atoms with Gasteiger partial charge in [-0.2, -0.15) is 4.98 Å². The van der Waals surface area contributed by atoms with Crippen LogP contribution >= 0.6 is 0 Å². The van der Waals surface area contributed by atoms with Crippen LogP contribution in [0.15, 0.2) is 10.9 Å². The lowest BCUT2D eigenvalue weighted by molar-refractivity contribution is 0.383. The Labute approximate surface area is 69.9 Å². The van der Waals surface area contributed by atoms with Crippen molar-refractivity contribution in [2.24, 2.45) is 0 Å². The van der Waals surface area contributed by atoms with Gasteiger partial charge in [0.15, 0.2) is 5.82 Å². The normalized spacial score (nSPS) is 17.3. The fourth-order valence-corrected chi connectivity index (χ4v) is 1.34. The van der Waals surface area contributed by atoms with E-state index in [4.69, 9.17) is 5.41 Å². The molecule has 1 N–H and O–H groups in total. The topological polar surface area (TPSA) is 66.0 Å². The molecule has 1 saturated heterocycles. The average molecular weight is 166 g/mol. The number of rotatable bonds is 2. The Kier molecular flexibility index (Phi) is 1.77. The van der Waals surface area contributed by atoms with Gasteiger partial charge in [0.25, 0.3) is 0 Å². The third-order valence-corrected chi connectivity index (χ3v) is 1.96. The van der Waals surface area contributed by atoms with E-state index in [1.54, 1.807) is 0 Å². The molecule has 1 aromatic rings. The van der Waals surface area contributed by atoms with Crippen molar-refractivity contribution in [2.45, 2.75) is 19.4 Å². The summed E-state index contributed by atoms with van der Waals surface area (Å²) < 4.78 is 4.60. The van der Waals surface area contributed by atoms with E-state index in [0.29, 0.717) is 18.2 Å². The second-order valence-corrected chi connectivity index (χ2v) is 2.82.